The standard InChI is InChI=1S/C17H10FNO2S2/c18-13-8-6-12(7-9-13)15(20)19-16(21)14(23-17(19)22)10-11-4-2-1-3-5-11/h1-10H/b14-10+. The number of halogens is 1. The number of thioether (sulfide) groups is 1. The van der Waals surface area contributed by atoms with Gasteiger partial charge in [0.25, 0.3) is 11.8 Å². The van der Waals surface area contributed by atoms with Crippen molar-refractivity contribution in [1.82, 2.24) is 4.90 Å². The summed E-state index contributed by atoms with van der Waals surface area (Å²) in [6.45, 7) is 0. The molecule has 1 aliphatic heterocycles. The number of hydrogen-bond acceptors (Lipinski definition) is 4. The molecule has 23 heavy (non-hydrogen) atoms. The van der Waals surface area contributed by atoms with Gasteiger partial charge in [0.15, 0.2) is 4.32 Å². The molecule has 0 radical (unpaired) electrons. The van der Waals surface area contributed by atoms with Crippen LogP contribution < -0.4 is 0 Å². The average molecular weight is 343 g/mol. The Labute approximate surface area is 141 Å². The monoisotopic (exact) mass is 343 g/mol. The van der Waals surface area contributed by atoms with Gasteiger partial charge in [-0.25, -0.2) is 9.29 Å². The average Bonchev–Trinajstić information content (AvgIpc) is 2.82. The van der Waals surface area contributed by atoms with E-state index in [9.17, 15) is 14.0 Å². The second-order valence-corrected chi connectivity index (χ2v) is 6.42. The molecule has 0 aromatic heterocycles. The van der Waals surface area contributed by atoms with Crippen LogP contribution in [0, 0.1) is 5.82 Å². The van der Waals surface area contributed by atoms with E-state index >= 15 is 0 Å². The molecule has 6 heteroatoms. The van der Waals surface area contributed by atoms with Gasteiger partial charge in [0, 0.05) is 5.56 Å². The molecule has 0 spiro atoms. The number of carbonyl (C=O) groups is 2. The Kier molecular flexibility index (Phi) is 4.36. The van der Waals surface area contributed by atoms with Crippen LogP contribution in [0.3, 0.4) is 0 Å². The maximum atomic E-state index is 13.0. The molecule has 0 bridgehead atoms. The Hall–Kier alpha value is -2.31. The molecule has 1 saturated heterocycles. The third kappa shape index (κ3) is 3.23. The molecule has 1 heterocycles. The summed E-state index contributed by atoms with van der Waals surface area (Å²) < 4.78 is 13.1. The molecule has 0 unspecified atom stereocenters. The van der Waals surface area contributed by atoms with E-state index in [1.54, 1.807) is 6.08 Å². The van der Waals surface area contributed by atoms with E-state index in [0.29, 0.717) is 4.91 Å². The van der Waals surface area contributed by atoms with Crippen LogP contribution in [0.15, 0.2) is 59.5 Å². The van der Waals surface area contributed by atoms with Gasteiger partial charge in [0.1, 0.15) is 5.82 Å². The van der Waals surface area contributed by atoms with Crippen LogP contribution in [0.25, 0.3) is 6.08 Å². The zero-order valence-electron chi connectivity index (χ0n) is 11.7. The molecule has 0 saturated carbocycles. The fourth-order valence-electron chi connectivity index (χ4n) is 2.07. The summed E-state index contributed by atoms with van der Waals surface area (Å²) in [4.78, 5) is 26.2. The minimum Gasteiger partial charge on any atom is -0.268 e. The van der Waals surface area contributed by atoms with Gasteiger partial charge in [-0.05, 0) is 35.9 Å². The number of carbonyl (C=O) groups excluding carboxylic acids is 2. The van der Waals surface area contributed by atoms with Crippen molar-refractivity contribution in [3.05, 3.63) is 76.4 Å². The van der Waals surface area contributed by atoms with E-state index in [4.69, 9.17) is 12.2 Å². The van der Waals surface area contributed by atoms with Crippen molar-refractivity contribution in [2.24, 2.45) is 0 Å². The summed E-state index contributed by atoms with van der Waals surface area (Å²) in [7, 11) is 0. The van der Waals surface area contributed by atoms with E-state index in [0.717, 1.165) is 22.2 Å². The van der Waals surface area contributed by atoms with Gasteiger partial charge in [0.2, 0.25) is 0 Å². The van der Waals surface area contributed by atoms with E-state index < -0.39 is 17.6 Å². The van der Waals surface area contributed by atoms with Crippen LogP contribution in [0.1, 0.15) is 15.9 Å². The summed E-state index contributed by atoms with van der Waals surface area (Å²) >= 11 is 6.22. The normalized spacial score (nSPS) is 16.2. The molecule has 0 atom stereocenters. The highest BCUT2D eigenvalue weighted by molar-refractivity contribution is 8.26. The highest BCUT2D eigenvalue weighted by Crippen LogP contribution is 2.33. The predicted octanol–water partition coefficient (Wildman–Crippen LogP) is 3.87. The minimum atomic E-state index is -0.552. The first-order valence-corrected chi connectivity index (χ1v) is 7.91. The molecule has 1 fully saturated rings. The van der Waals surface area contributed by atoms with Crippen molar-refractivity contribution >= 4 is 46.2 Å². The molecule has 0 aliphatic carbocycles. The van der Waals surface area contributed by atoms with Crippen LogP contribution >= 0.6 is 24.0 Å². The lowest BCUT2D eigenvalue weighted by Gasteiger charge is -2.12. The highest BCUT2D eigenvalue weighted by Gasteiger charge is 2.37. The Balaban J connectivity index is 1.88. The first kappa shape index (κ1) is 15.6. The smallest absolute Gasteiger partial charge is 0.268 e. The van der Waals surface area contributed by atoms with Gasteiger partial charge in [0.05, 0.1) is 4.91 Å². The Morgan fingerprint density at radius 1 is 1.09 bits per heavy atom. The van der Waals surface area contributed by atoms with Crippen molar-refractivity contribution < 1.29 is 14.0 Å². The highest BCUT2D eigenvalue weighted by atomic mass is 32.2. The van der Waals surface area contributed by atoms with Crippen LogP contribution in [0.2, 0.25) is 0 Å². The minimum absolute atomic E-state index is 0.173. The summed E-state index contributed by atoms with van der Waals surface area (Å²) in [5.74, 6) is -1.46. The fourth-order valence-corrected chi connectivity index (χ4v) is 3.32. The summed E-state index contributed by atoms with van der Waals surface area (Å²) in [5, 5.41) is 0. The van der Waals surface area contributed by atoms with Crippen LogP contribution in [0.5, 0.6) is 0 Å². The molecular weight excluding hydrogens is 333 g/mol. The van der Waals surface area contributed by atoms with Crippen LogP contribution in [-0.4, -0.2) is 21.0 Å². The Morgan fingerprint density at radius 3 is 2.39 bits per heavy atom. The zero-order valence-corrected chi connectivity index (χ0v) is 13.4. The van der Waals surface area contributed by atoms with Crippen molar-refractivity contribution in [3.63, 3.8) is 0 Å². The third-order valence-corrected chi connectivity index (χ3v) is 4.49. The van der Waals surface area contributed by atoms with E-state index in [-0.39, 0.29) is 9.88 Å². The maximum absolute atomic E-state index is 13.0. The number of imide groups is 1. The molecule has 2 amide bonds. The lowest BCUT2D eigenvalue weighted by atomic mass is 10.2. The number of thiocarbonyl (C=S) groups is 1. The van der Waals surface area contributed by atoms with Crippen LogP contribution in [-0.2, 0) is 4.79 Å². The van der Waals surface area contributed by atoms with Gasteiger partial charge in [-0.1, -0.05) is 54.3 Å². The quantitative estimate of drug-likeness (QED) is 0.471. The van der Waals surface area contributed by atoms with Crippen LogP contribution in [0.4, 0.5) is 4.39 Å². The van der Waals surface area contributed by atoms with E-state index in [1.807, 2.05) is 30.3 Å². The van der Waals surface area contributed by atoms with Gasteiger partial charge in [-0.15, -0.1) is 0 Å². The first-order chi connectivity index (χ1) is 11.1. The molecule has 0 N–H and O–H groups in total. The van der Waals surface area contributed by atoms with Crippen molar-refractivity contribution in [2.45, 2.75) is 0 Å². The van der Waals surface area contributed by atoms with Gasteiger partial charge in [-0.2, -0.15) is 0 Å². The first-order valence-electron chi connectivity index (χ1n) is 6.69. The number of nitrogens with zero attached hydrogens (tertiary/aromatic N) is 1. The molecule has 3 nitrogen and oxygen atoms in total. The van der Waals surface area contributed by atoms with E-state index in [2.05, 4.69) is 0 Å². The molecular formula is C17H10FNO2S2. The molecule has 114 valence electrons. The summed E-state index contributed by atoms with van der Waals surface area (Å²) in [6.07, 6.45) is 1.69. The lowest BCUT2D eigenvalue weighted by molar-refractivity contribution is -0.120. The molecule has 2 aromatic rings. The number of benzene rings is 2. The largest absolute Gasteiger partial charge is 0.273 e. The summed E-state index contributed by atoms with van der Waals surface area (Å²) in [5.41, 5.74) is 1.06. The lowest BCUT2D eigenvalue weighted by Crippen LogP contribution is -2.34. The fraction of sp³-hybridized carbons (Fsp3) is 0. The maximum Gasteiger partial charge on any atom is 0.273 e. The predicted molar refractivity (Wildman–Crippen MR) is 92.2 cm³/mol. The summed E-state index contributed by atoms with van der Waals surface area (Å²) in [6, 6.07) is 14.3. The second kappa shape index (κ2) is 6.44. The molecule has 2 aromatic carbocycles. The zero-order chi connectivity index (χ0) is 16.4. The third-order valence-electron chi connectivity index (χ3n) is 3.19. The molecule has 3 rings (SSSR count). The second-order valence-electron chi connectivity index (χ2n) is 4.74. The van der Waals surface area contributed by atoms with Gasteiger partial charge in [-0.3, -0.25) is 9.59 Å². The number of rotatable bonds is 2. The SMILES string of the molecule is O=C1/C(=C\c2ccccc2)SC(=S)N1C(=O)c1ccc(F)cc1. The topological polar surface area (TPSA) is 37.4 Å². The number of hydrogen-bond donors (Lipinski definition) is 0. The van der Waals surface area contributed by atoms with Gasteiger partial charge >= 0.3 is 0 Å². The van der Waals surface area contributed by atoms with Crippen molar-refractivity contribution in [2.75, 3.05) is 0 Å². The van der Waals surface area contributed by atoms with Gasteiger partial charge < -0.3 is 0 Å². The Morgan fingerprint density at radius 2 is 1.74 bits per heavy atom. The van der Waals surface area contributed by atoms with Crippen molar-refractivity contribution in [3.8, 4) is 0 Å². The Bertz CT molecular complexity index is 816. The number of amides is 2. The van der Waals surface area contributed by atoms with Crippen molar-refractivity contribution in [1.29, 1.82) is 0 Å². The van der Waals surface area contributed by atoms with E-state index in [1.165, 1.54) is 24.3 Å². The molecule has 1 aliphatic rings.